The quantitative estimate of drug-likeness (QED) is 0.0275. The summed E-state index contributed by atoms with van der Waals surface area (Å²) in [6, 6.07) is 9.78. The second kappa shape index (κ2) is 91.4. The van der Waals surface area contributed by atoms with E-state index in [-0.39, 0.29) is 86.5 Å². The standard InChI is InChI=1S/C23H48O7.C17H28O4.C14H26O5.C13H28O4.C12H24O5.C5H12O/c1-7-22(29-17-16-27-20(4)5)19-23(30-15-12-25-9-3)18-21(6)28-14-13-26-11-10-24-8-2;1-4-16(20-11-10-18-3)14-15(2)19-12-13-21-17-8-6-5-7-9-17;1-5-13(18-7-6-15)10-12(4)17-8-9-19-14(16)11(2)3;1-5-13(17-9-7-14-4)11-12(3)16-10-8-15-6-2;1-4-12(17-7-5-14-3)9-11(2)16-8-6-15-10-13;1-4-5(2)6-3/h20-23H,7-19H2,1-6H3;5-9,15-16H,4,10-14H2,1-3H3;12-13,15H,2,5-10H2,1,3-4H3;12-13H,5-11H2,1-4H3;10-12H,4-9H2,1-3H3;5H,4H2,1-3H3. The lowest BCUT2D eigenvalue weighted by molar-refractivity contribution is -0.141. The average molecular weight is 1590 g/mol. The highest BCUT2D eigenvalue weighted by molar-refractivity contribution is 5.86. The topological polar surface area (TPSA) is 267 Å². The van der Waals surface area contributed by atoms with Crippen LogP contribution in [-0.4, -0.2) is 304 Å². The van der Waals surface area contributed by atoms with Gasteiger partial charge in [0.15, 0.2) is 0 Å². The molecule has 658 valence electrons. The van der Waals surface area contributed by atoms with Crippen molar-refractivity contribution in [1.82, 2.24) is 0 Å². The number of benzene rings is 1. The summed E-state index contributed by atoms with van der Waals surface area (Å²) in [5, 5.41) is 8.70. The molecule has 0 saturated heterocycles. The molecule has 0 aliphatic carbocycles. The molecule has 1 aromatic carbocycles. The van der Waals surface area contributed by atoms with Crippen LogP contribution in [0.3, 0.4) is 0 Å². The fourth-order valence-electron chi connectivity index (χ4n) is 9.58. The SMILES string of the molecule is C=C(C)C(=O)OCCOC(C)CC(CC)OCCO.CCC(C)OC.CCC(CC(C)OCCOC=O)OCCOC.CCC(CC(C)OCCOc1ccccc1)OCCOC.CCOCCOC(C)CC(CC)OCCOC.CCOCCOCCOC(C)CC(CC(CC)OCCOC(C)C)OCCOCC. The van der Waals surface area contributed by atoms with Crippen LogP contribution in [0.2, 0.25) is 0 Å². The first-order chi connectivity index (χ1) is 53.1. The number of carbonyl (C=O) groups excluding carboxylic acids is 2. The molecule has 0 heterocycles. The lowest BCUT2D eigenvalue weighted by Crippen LogP contribution is -2.29. The maximum Gasteiger partial charge on any atom is 0.333 e. The van der Waals surface area contributed by atoms with Crippen LogP contribution in [0.25, 0.3) is 0 Å². The van der Waals surface area contributed by atoms with Crippen LogP contribution in [0.5, 0.6) is 5.75 Å². The summed E-state index contributed by atoms with van der Waals surface area (Å²) in [4.78, 5) is 21.0. The van der Waals surface area contributed by atoms with E-state index < -0.39 is 5.97 Å². The van der Waals surface area contributed by atoms with Gasteiger partial charge in [-0.25, -0.2) is 4.79 Å². The number of aliphatic hydroxyl groups excluding tert-OH is 1. The molecule has 12 atom stereocenters. The van der Waals surface area contributed by atoms with Gasteiger partial charge in [0.25, 0.3) is 6.47 Å². The molecule has 12 unspecified atom stereocenters. The number of esters is 1. The highest BCUT2D eigenvalue weighted by Gasteiger charge is 2.21. The lowest BCUT2D eigenvalue weighted by Gasteiger charge is -2.26. The summed E-state index contributed by atoms with van der Waals surface area (Å²) in [6.45, 7) is 55.3. The average Bonchev–Trinajstić information content (AvgIpc) is 0.941. The Bertz CT molecular complexity index is 1950. The zero-order valence-corrected chi connectivity index (χ0v) is 73.4. The van der Waals surface area contributed by atoms with Crippen LogP contribution in [0.15, 0.2) is 42.5 Å². The minimum absolute atomic E-state index is 0.0205. The predicted molar refractivity (Wildman–Crippen MR) is 435 cm³/mol. The van der Waals surface area contributed by atoms with E-state index in [1.165, 1.54) is 0 Å². The Morgan fingerprint density at radius 3 is 1.04 bits per heavy atom. The molecule has 0 amide bonds. The van der Waals surface area contributed by atoms with Crippen molar-refractivity contribution in [3.05, 3.63) is 42.5 Å². The van der Waals surface area contributed by atoms with Crippen LogP contribution in [0.4, 0.5) is 0 Å². The van der Waals surface area contributed by atoms with Crippen molar-refractivity contribution in [3.63, 3.8) is 0 Å². The molecule has 1 aromatic rings. The van der Waals surface area contributed by atoms with Gasteiger partial charge in [-0.05, 0) is 172 Å². The van der Waals surface area contributed by atoms with Gasteiger partial charge < -0.3 is 114 Å². The summed E-state index contributed by atoms with van der Waals surface area (Å²) in [6.07, 6.45) is 13.1. The van der Waals surface area contributed by atoms with Crippen LogP contribution in [-0.2, 0) is 114 Å². The largest absolute Gasteiger partial charge is 0.491 e. The molecule has 0 fully saturated rings. The molecule has 0 aliphatic rings. The fraction of sp³-hybridized carbons (Fsp3) is 0.881. The summed E-state index contributed by atoms with van der Waals surface area (Å²) in [7, 11) is 6.75. The smallest absolute Gasteiger partial charge is 0.333 e. The molecule has 0 spiro atoms. The first kappa shape index (κ1) is 115. The van der Waals surface area contributed by atoms with Gasteiger partial charge in [-0.15, -0.1) is 0 Å². The second-order valence-corrected chi connectivity index (χ2v) is 26.1. The van der Waals surface area contributed by atoms with E-state index in [0.717, 1.165) is 96.0 Å². The van der Waals surface area contributed by atoms with Gasteiger partial charge in [0.1, 0.15) is 25.6 Å². The van der Waals surface area contributed by atoms with E-state index in [1.807, 2.05) is 85.7 Å². The molecular formula is C84H166O26. The predicted octanol–water partition coefficient (Wildman–Crippen LogP) is 13.9. The van der Waals surface area contributed by atoms with E-state index in [9.17, 15) is 9.59 Å². The molecule has 1 rings (SSSR count). The van der Waals surface area contributed by atoms with Gasteiger partial charge in [0.2, 0.25) is 0 Å². The third-order valence-electron chi connectivity index (χ3n) is 16.1. The van der Waals surface area contributed by atoms with Crippen molar-refractivity contribution >= 4 is 12.4 Å². The van der Waals surface area contributed by atoms with Crippen LogP contribution < -0.4 is 4.74 Å². The third kappa shape index (κ3) is 87.2. The molecule has 0 saturated carbocycles. The number of hydrogen-bond donors (Lipinski definition) is 1. The molecule has 0 aromatic heterocycles. The maximum absolute atomic E-state index is 11.1. The minimum Gasteiger partial charge on any atom is -0.491 e. The number of ether oxygens (including phenoxy) is 23. The summed E-state index contributed by atoms with van der Waals surface area (Å²) < 4.78 is 125. The monoisotopic (exact) mass is 1590 g/mol. The Labute approximate surface area is 669 Å². The van der Waals surface area contributed by atoms with Gasteiger partial charge in [0.05, 0.1) is 218 Å². The van der Waals surface area contributed by atoms with Crippen molar-refractivity contribution < 1.29 is 124 Å². The number of rotatable bonds is 72. The zero-order valence-electron chi connectivity index (χ0n) is 73.4. The van der Waals surface area contributed by atoms with Crippen LogP contribution in [0.1, 0.15) is 202 Å². The van der Waals surface area contributed by atoms with Crippen LogP contribution >= 0.6 is 0 Å². The van der Waals surface area contributed by atoms with Gasteiger partial charge in [0, 0.05) is 53.8 Å². The van der Waals surface area contributed by atoms with Gasteiger partial charge in [-0.2, -0.15) is 0 Å². The van der Waals surface area contributed by atoms with Gasteiger partial charge in [-0.1, -0.05) is 66.3 Å². The first-order valence-corrected chi connectivity index (χ1v) is 40.9. The number of carbonyl (C=O) groups is 2. The Morgan fingerprint density at radius 1 is 0.364 bits per heavy atom. The van der Waals surface area contributed by atoms with E-state index in [0.29, 0.717) is 170 Å². The number of methoxy groups -OCH3 is 4. The second-order valence-electron chi connectivity index (χ2n) is 26.1. The van der Waals surface area contributed by atoms with Crippen molar-refractivity contribution in [2.24, 2.45) is 0 Å². The minimum atomic E-state index is -0.394. The Balaban J connectivity index is -0.000000416. The molecule has 110 heavy (non-hydrogen) atoms. The molecule has 0 aliphatic heterocycles. The van der Waals surface area contributed by atoms with Crippen LogP contribution in [0, 0.1) is 0 Å². The summed E-state index contributed by atoms with van der Waals surface area (Å²) in [5.41, 5.74) is 0.386. The summed E-state index contributed by atoms with van der Waals surface area (Å²) >= 11 is 0. The third-order valence-corrected chi connectivity index (χ3v) is 16.1. The molecule has 0 radical (unpaired) electrons. The normalized spacial score (nSPS) is 14.4. The summed E-state index contributed by atoms with van der Waals surface area (Å²) in [5.74, 6) is 0.483. The number of aliphatic hydroxyl groups is 1. The first-order valence-electron chi connectivity index (χ1n) is 40.9. The molecular weight excluding hydrogens is 1420 g/mol. The van der Waals surface area contributed by atoms with Crippen molar-refractivity contribution in [2.45, 2.75) is 281 Å². The molecule has 26 nitrogen and oxygen atoms in total. The Hall–Kier alpha value is -3.14. The van der Waals surface area contributed by atoms with Gasteiger partial charge >= 0.3 is 5.97 Å². The Kier molecular flexibility index (Phi) is 95.9. The molecule has 1 N–H and O–H groups in total. The van der Waals surface area contributed by atoms with Gasteiger partial charge in [-0.3, -0.25) is 4.79 Å². The maximum atomic E-state index is 11.1. The van der Waals surface area contributed by atoms with Crippen molar-refractivity contribution in [3.8, 4) is 5.75 Å². The Morgan fingerprint density at radius 2 is 0.682 bits per heavy atom. The molecule has 26 heteroatoms. The van der Waals surface area contributed by atoms with E-state index in [4.69, 9.17) is 109 Å². The van der Waals surface area contributed by atoms with Crippen molar-refractivity contribution in [1.29, 1.82) is 0 Å². The highest BCUT2D eigenvalue weighted by atomic mass is 16.6. The highest BCUT2D eigenvalue weighted by Crippen LogP contribution is 2.18. The lowest BCUT2D eigenvalue weighted by atomic mass is 10.0. The molecule has 0 bridgehead atoms. The van der Waals surface area contributed by atoms with Crippen molar-refractivity contribution in [2.75, 3.05) is 207 Å². The van der Waals surface area contributed by atoms with E-state index in [2.05, 4.69) is 73.6 Å². The zero-order chi connectivity index (χ0) is 83.3. The van der Waals surface area contributed by atoms with E-state index >= 15 is 0 Å². The van der Waals surface area contributed by atoms with E-state index in [1.54, 1.807) is 35.4 Å². The number of para-hydroxylation sites is 1. The number of hydrogen-bond acceptors (Lipinski definition) is 26. The fourth-order valence-corrected chi connectivity index (χ4v) is 9.58.